The summed E-state index contributed by atoms with van der Waals surface area (Å²) in [4.78, 5) is 15.7. The number of ether oxygens (including phenoxy) is 2. The molecule has 0 aliphatic carbocycles. The Morgan fingerprint density at radius 1 is 1.12 bits per heavy atom. The van der Waals surface area contributed by atoms with Gasteiger partial charge in [0.05, 0.1) is 13.2 Å². The molecule has 1 fully saturated rings. The molecule has 2 bridgehead atoms. The van der Waals surface area contributed by atoms with Crippen molar-refractivity contribution in [2.75, 3.05) is 17.3 Å². The molecule has 3 aromatic rings. The molecule has 3 aromatic carbocycles. The summed E-state index contributed by atoms with van der Waals surface area (Å²) < 4.78 is 11.8. The van der Waals surface area contributed by atoms with Gasteiger partial charge in [-0.3, -0.25) is 9.69 Å². The lowest BCUT2D eigenvalue weighted by Crippen LogP contribution is -2.72. The van der Waals surface area contributed by atoms with Crippen LogP contribution in [-0.2, 0) is 4.79 Å². The van der Waals surface area contributed by atoms with E-state index in [0.717, 1.165) is 28.3 Å². The highest BCUT2D eigenvalue weighted by Crippen LogP contribution is 2.49. The van der Waals surface area contributed by atoms with Gasteiger partial charge in [0.25, 0.3) is 0 Å². The second-order valence-corrected chi connectivity index (χ2v) is 8.88. The lowest BCUT2D eigenvalue weighted by atomic mass is 9.78. The molecule has 0 radical (unpaired) electrons. The molecule has 6 nitrogen and oxygen atoms in total. The van der Waals surface area contributed by atoms with E-state index in [1.54, 1.807) is 7.11 Å². The maximum absolute atomic E-state index is 13.8. The van der Waals surface area contributed by atoms with Gasteiger partial charge < -0.3 is 20.1 Å². The van der Waals surface area contributed by atoms with Gasteiger partial charge >= 0.3 is 0 Å². The van der Waals surface area contributed by atoms with Crippen LogP contribution in [0.15, 0.2) is 72.8 Å². The van der Waals surface area contributed by atoms with Gasteiger partial charge in [0.1, 0.15) is 17.4 Å². The molecular weight excluding hydrogens is 434 g/mol. The first-order valence-corrected chi connectivity index (χ1v) is 11.2. The van der Waals surface area contributed by atoms with Crippen LogP contribution in [0.25, 0.3) is 0 Å². The smallest absolute Gasteiger partial charge is 0.236 e. The molecule has 33 heavy (non-hydrogen) atoms. The fourth-order valence-electron chi connectivity index (χ4n) is 4.78. The summed E-state index contributed by atoms with van der Waals surface area (Å²) in [7, 11) is 1.61. The Morgan fingerprint density at radius 3 is 2.61 bits per heavy atom. The van der Waals surface area contributed by atoms with Gasteiger partial charge in [-0.15, -0.1) is 0 Å². The summed E-state index contributed by atoms with van der Waals surface area (Å²) in [5, 5.41) is 7.01. The van der Waals surface area contributed by atoms with Crippen LogP contribution in [0.4, 0.5) is 11.4 Å². The standard InChI is InChI=1S/C26H25N3O3S/c1-16-7-6-8-18(15-16)29-25(33)28-23-20-9-4-5-10-21(20)32-26(29,2)22(23)24(30)27-17-11-13-19(31-3)14-12-17/h4-15,22-23H,1-3H3,(H,27,30)(H,28,33). The molecule has 3 unspecified atom stereocenters. The van der Waals surface area contributed by atoms with E-state index in [4.69, 9.17) is 21.7 Å². The molecule has 168 valence electrons. The SMILES string of the molecule is COc1ccc(NC(=O)C2C3NC(=S)N(c4cccc(C)c4)C2(C)Oc2ccccc23)cc1. The van der Waals surface area contributed by atoms with Crippen molar-refractivity contribution in [3.63, 3.8) is 0 Å². The van der Waals surface area contributed by atoms with E-state index in [9.17, 15) is 4.79 Å². The van der Waals surface area contributed by atoms with E-state index >= 15 is 0 Å². The van der Waals surface area contributed by atoms with E-state index < -0.39 is 11.6 Å². The number of nitrogens with one attached hydrogen (secondary N) is 2. The highest BCUT2D eigenvalue weighted by atomic mass is 32.1. The van der Waals surface area contributed by atoms with Gasteiger partial charge in [-0.1, -0.05) is 30.3 Å². The summed E-state index contributed by atoms with van der Waals surface area (Å²) in [6.45, 7) is 3.96. The van der Waals surface area contributed by atoms with E-state index in [1.807, 2.05) is 91.5 Å². The second-order valence-electron chi connectivity index (χ2n) is 8.49. The topological polar surface area (TPSA) is 62.8 Å². The number of rotatable bonds is 4. The number of thiocarbonyl (C=S) groups is 1. The van der Waals surface area contributed by atoms with Gasteiger partial charge in [-0.25, -0.2) is 0 Å². The molecular formula is C26H25N3O3S. The molecule has 2 aliphatic rings. The maximum Gasteiger partial charge on any atom is 0.236 e. The Labute approximate surface area is 198 Å². The summed E-state index contributed by atoms with van der Waals surface area (Å²) in [5.74, 6) is 0.729. The van der Waals surface area contributed by atoms with Crippen LogP contribution >= 0.6 is 12.2 Å². The summed E-state index contributed by atoms with van der Waals surface area (Å²) >= 11 is 5.79. The highest BCUT2D eigenvalue weighted by Gasteiger charge is 2.59. The highest BCUT2D eigenvalue weighted by molar-refractivity contribution is 7.80. The zero-order valence-electron chi connectivity index (χ0n) is 18.7. The first-order chi connectivity index (χ1) is 15.9. The van der Waals surface area contributed by atoms with Crippen LogP contribution < -0.4 is 25.0 Å². The number of anilines is 2. The lowest BCUT2D eigenvalue weighted by Gasteiger charge is -2.56. The number of amides is 1. The number of para-hydroxylation sites is 1. The van der Waals surface area contributed by atoms with Crippen LogP contribution in [0.1, 0.15) is 24.1 Å². The molecule has 2 aliphatic heterocycles. The Kier molecular flexibility index (Phi) is 5.21. The normalized spacial score (nSPS) is 23.1. The first kappa shape index (κ1) is 21.3. The van der Waals surface area contributed by atoms with Crippen LogP contribution in [0, 0.1) is 12.8 Å². The van der Waals surface area contributed by atoms with Gasteiger partial charge in [0, 0.05) is 16.9 Å². The van der Waals surface area contributed by atoms with Crippen LogP contribution in [0.2, 0.25) is 0 Å². The molecule has 1 amide bonds. The van der Waals surface area contributed by atoms with Crippen molar-refractivity contribution in [1.82, 2.24) is 5.32 Å². The van der Waals surface area contributed by atoms with Crippen LogP contribution in [0.5, 0.6) is 11.5 Å². The number of aryl methyl sites for hydroxylation is 1. The number of hydrogen-bond donors (Lipinski definition) is 2. The third-order valence-electron chi connectivity index (χ3n) is 6.31. The Hall–Kier alpha value is -3.58. The molecule has 1 saturated heterocycles. The Bertz CT molecular complexity index is 1230. The molecule has 5 rings (SSSR count). The maximum atomic E-state index is 13.8. The number of methoxy groups -OCH3 is 1. The summed E-state index contributed by atoms with van der Waals surface area (Å²) in [6.07, 6.45) is 0. The van der Waals surface area contributed by atoms with Crippen molar-refractivity contribution in [2.24, 2.45) is 5.92 Å². The van der Waals surface area contributed by atoms with E-state index in [-0.39, 0.29) is 11.9 Å². The van der Waals surface area contributed by atoms with E-state index in [1.165, 1.54) is 0 Å². The largest absolute Gasteiger partial charge is 0.497 e. The second kappa shape index (κ2) is 8.08. The molecule has 2 heterocycles. The molecule has 0 aromatic heterocycles. The number of hydrogen-bond acceptors (Lipinski definition) is 4. The van der Waals surface area contributed by atoms with Gasteiger partial charge in [0.15, 0.2) is 10.8 Å². The molecule has 3 atom stereocenters. The fourth-order valence-corrected chi connectivity index (χ4v) is 5.19. The average molecular weight is 460 g/mol. The third kappa shape index (κ3) is 3.58. The molecule has 0 spiro atoms. The van der Waals surface area contributed by atoms with E-state index in [0.29, 0.717) is 10.8 Å². The zero-order chi connectivity index (χ0) is 23.2. The van der Waals surface area contributed by atoms with Crippen LogP contribution in [0.3, 0.4) is 0 Å². The average Bonchev–Trinajstić information content (AvgIpc) is 2.79. The van der Waals surface area contributed by atoms with Crippen molar-refractivity contribution in [3.05, 3.63) is 83.9 Å². The monoisotopic (exact) mass is 459 g/mol. The van der Waals surface area contributed by atoms with Crippen molar-refractivity contribution < 1.29 is 14.3 Å². The van der Waals surface area contributed by atoms with Gasteiger partial charge in [0.2, 0.25) is 5.91 Å². The predicted octanol–water partition coefficient (Wildman–Crippen LogP) is 4.80. The summed E-state index contributed by atoms with van der Waals surface area (Å²) in [5.41, 5.74) is 2.53. The third-order valence-corrected chi connectivity index (χ3v) is 6.61. The number of carbonyl (C=O) groups is 1. The minimum atomic E-state index is -1.04. The quantitative estimate of drug-likeness (QED) is 0.547. The predicted molar refractivity (Wildman–Crippen MR) is 133 cm³/mol. The van der Waals surface area contributed by atoms with Gasteiger partial charge in [-0.2, -0.15) is 0 Å². The Morgan fingerprint density at radius 2 is 1.88 bits per heavy atom. The minimum absolute atomic E-state index is 0.158. The number of fused-ring (bicyclic) bond motifs is 4. The van der Waals surface area contributed by atoms with Crippen molar-refractivity contribution in [2.45, 2.75) is 25.6 Å². The fraction of sp³-hybridized carbons (Fsp3) is 0.231. The number of carbonyl (C=O) groups excluding carboxylic acids is 1. The summed E-state index contributed by atoms with van der Waals surface area (Å²) in [6, 6.07) is 22.8. The molecule has 2 N–H and O–H groups in total. The minimum Gasteiger partial charge on any atom is -0.497 e. The molecule has 7 heteroatoms. The van der Waals surface area contributed by atoms with Gasteiger partial charge in [-0.05, 0) is 74.1 Å². The number of nitrogens with zero attached hydrogens (tertiary/aromatic N) is 1. The van der Waals surface area contributed by atoms with Crippen LogP contribution in [-0.4, -0.2) is 23.9 Å². The molecule has 0 saturated carbocycles. The van der Waals surface area contributed by atoms with E-state index in [2.05, 4.69) is 10.6 Å². The zero-order valence-corrected chi connectivity index (χ0v) is 19.5. The number of benzene rings is 3. The lowest BCUT2D eigenvalue weighted by molar-refractivity contribution is -0.130. The van der Waals surface area contributed by atoms with Crippen molar-refractivity contribution in [3.8, 4) is 11.5 Å². The van der Waals surface area contributed by atoms with Crippen molar-refractivity contribution in [1.29, 1.82) is 0 Å². The first-order valence-electron chi connectivity index (χ1n) is 10.8. The van der Waals surface area contributed by atoms with Crippen molar-refractivity contribution >= 4 is 34.6 Å². The Balaban J connectivity index is 1.59.